The Balaban J connectivity index is 1.64. The number of para-hydroxylation sites is 1. The van der Waals surface area contributed by atoms with Crippen molar-refractivity contribution in [2.75, 3.05) is 14.2 Å². The number of benzene rings is 3. The fourth-order valence-electron chi connectivity index (χ4n) is 4.42. The van der Waals surface area contributed by atoms with Gasteiger partial charge in [-0.25, -0.2) is 4.79 Å². The second-order valence-corrected chi connectivity index (χ2v) is 11.0. The Morgan fingerprint density at radius 3 is 2.15 bits per heavy atom. The molecule has 0 amide bonds. The summed E-state index contributed by atoms with van der Waals surface area (Å²) < 4.78 is 22.1. The zero-order valence-electron chi connectivity index (χ0n) is 24.4. The summed E-state index contributed by atoms with van der Waals surface area (Å²) in [4.78, 5) is 23.3. The lowest BCUT2D eigenvalue weighted by atomic mass is 9.87. The van der Waals surface area contributed by atoms with Gasteiger partial charge in [-0.1, -0.05) is 63.2 Å². The molecule has 0 saturated carbocycles. The molecule has 3 aromatic carbocycles. The maximum absolute atomic E-state index is 11.8. The molecule has 6 nitrogen and oxygen atoms in total. The van der Waals surface area contributed by atoms with E-state index in [1.54, 1.807) is 24.3 Å². The van der Waals surface area contributed by atoms with Crippen LogP contribution in [0.2, 0.25) is 0 Å². The minimum Gasteiger partial charge on any atom is -0.490 e. The number of unbranched alkanes of at least 4 members (excludes halogenated alkanes) is 1. The van der Waals surface area contributed by atoms with E-state index in [1.807, 2.05) is 18.2 Å². The first-order valence-corrected chi connectivity index (χ1v) is 13.9. The number of rotatable bonds is 14. The van der Waals surface area contributed by atoms with Gasteiger partial charge in [-0.15, -0.1) is 0 Å². The summed E-state index contributed by atoms with van der Waals surface area (Å²) in [5, 5.41) is 0. The van der Waals surface area contributed by atoms with Gasteiger partial charge in [-0.2, -0.15) is 0 Å². The minimum absolute atomic E-state index is 0.0698. The van der Waals surface area contributed by atoms with E-state index in [0.717, 1.165) is 49.0 Å². The number of ether oxygens (including phenoxy) is 4. The molecule has 0 bridgehead atoms. The van der Waals surface area contributed by atoms with Crippen molar-refractivity contribution in [3.63, 3.8) is 0 Å². The Bertz CT molecular complexity index is 1210. The van der Waals surface area contributed by atoms with Crippen molar-refractivity contribution >= 4 is 11.9 Å². The van der Waals surface area contributed by atoms with Crippen molar-refractivity contribution in [2.24, 2.45) is 0 Å². The zero-order chi connectivity index (χ0) is 29.0. The van der Waals surface area contributed by atoms with E-state index < -0.39 is 0 Å². The van der Waals surface area contributed by atoms with Gasteiger partial charge in [0.05, 0.1) is 25.9 Å². The summed E-state index contributed by atoms with van der Waals surface area (Å²) in [6, 6.07) is 23.7. The van der Waals surface area contributed by atoms with Crippen molar-refractivity contribution in [3.05, 3.63) is 95.1 Å². The van der Waals surface area contributed by atoms with Gasteiger partial charge in [0.25, 0.3) is 0 Å². The molecular formula is C34H42O6. The lowest BCUT2D eigenvalue weighted by Gasteiger charge is -2.21. The number of hydrogen-bond donors (Lipinski definition) is 0. The van der Waals surface area contributed by atoms with Crippen LogP contribution in [-0.4, -0.2) is 32.3 Å². The molecule has 0 saturated heterocycles. The predicted octanol–water partition coefficient (Wildman–Crippen LogP) is 7.46. The second kappa shape index (κ2) is 15.1. The molecule has 0 aliphatic carbocycles. The van der Waals surface area contributed by atoms with Crippen LogP contribution in [-0.2, 0) is 32.7 Å². The van der Waals surface area contributed by atoms with Crippen LogP contribution in [0.5, 0.6) is 11.5 Å². The standard InChI is InChI=1S/C34H42O6/c1-34(2,3)28-19-14-25(15-20-28)24-39-31-12-8-6-10-26(31)16-21-29(11-7-9-13-32(35)37-4)40-30-22-17-27(18-23-30)33(36)38-5/h6,8,10,12,14-15,17-20,22-23,29H,7,9,11,13,16,21,24H2,1-5H3. The third-order valence-corrected chi connectivity index (χ3v) is 6.89. The summed E-state index contributed by atoms with van der Waals surface area (Å²) in [5.41, 5.74) is 4.15. The Labute approximate surface area is 238 Å². The molecule has 3 aromatic rings. The minimum atomic E-state index is -0.382. The molecule has 0 N–H and O–H groups in total. The van der Waals surface area contributed by atoms with Gasteiger partial charge in [0, 0.05) is 6.42 Å². The Morgan fingerprint density at radius 1 is 0.800 bits per heavy atom. The van der Waals surface area contributed by atoms with Gasteiger partial charge in [0.15, 0.2) is 0 Å². The summed E-state index contributed by atoms with van der Waals surface area (Å²) >= 11 is 0. The van der Waals surface area contributed by atoms with E-state index >= 15 is 0 Å². The van der Waals surface area contributed by atoms with E-state index in [0.29, 0.717) is 24.3 Å². The smallest absolute Gasteiger partial charge is 0.337 e. The van der Waals surface area contributed by atoms with Gasteiger partial charge >= 0.3 is 11.9 Å². The number of aryl methyl sites for hydroxylation is 1. The van der Waals surface area contributed by atoms with Crippen molar-refractivity contribution in [3.8, 4) is 11.5 Å². The summed E-state index contributed by atoms with van der Waals surface area (Å²) in [5.74, 6) is 0.978. The Kier molecular flexibility index (Phi) is 11.6. The van der Waals surface area contributed by atoms with Crippen LogP contribution in [0.15, 0.2) is 72.8 Å². The highest BCUT2D eigenvalue weighted by molar-refractivity contribution is 5.89. The summed E-state index contributed by atoms with van der Waals surface area (Å²) in [6.07, 6.45) is 4.24. The Morgan fingerprint density at radius 2 is 1.50 bits per heavy atom. The molecule has 0 aliphatic rings. The normalized spacial score (nSPS) is 11.9. The molecule has 6 heteroatoms. The first kappa shape index (κ1) is 30.7. The quantitative estimate of drug-likeness (QED) is 0.154. The third kappa shape index (κ3) is 9.74. The van der Waals surface area contributed by atoms with Crippen LogP contribution in [0.4, 0.5) is 0 Å². The molecule has 214 valence electrons. The van der Waals surface area contributed by atoms with E-state index in [2.05, 4.69) is 51.1 Å². The maximum Gasteiger partial charge on any atom is 0.337 e. The fraction of sp³-hybridized carbons (Fsp3) is 0.412. The molecular weight excluding hydrogens is 504 g/mol. The predicted molar refractivity (Wildman–Crippen MR) is 157 cm³/mol. The molecule has 0 heterocycles. The van der Waals surface area contributed by atoms with Crippen LogP contribution in [0.25, 0.3) is 0 Å². The summed E-state index contributed by atoms with van der Waals surface area (Å²) in [6.45, 7) is 7.13. The molecule has 0 fully saturated rings. The monoisotopic (exact) mass is 546 g/mol. The number of methoxy groups -OCH3 is 2. The third-order valence-electron chi connectivity index (χ3n) is 6.89. The second-order valence-electron chi connectivity index (χ2n) is 11.0. The topological polar surface area (TPSA) is 71.1 Å². The van der Waals surface area contributed by atoms with E-state index in [9.17, 15) is 9.59 Å². The number of hydrogen-bond acceptors (Lipinski definition) is 6. The lowest BCUT2D eigenvalue weighted by Crippen LogP contribution is -2.18. The van der Waals surface area contributed by atoms with Crippen molar-refractivity contribution in [2.45, 2.75) is 77.4 Å². The molecule has 0 radical (unpaired) electrons. The van der Waals surface area contributed by atoms with E-state index in [4.69, 9.17) is 18.9 Å². The highest BCUT2D eigenvalue weighted by Crippen LogP contribution is 2.26. The van der Waals surface area contributed by atoms with Gasteiger partial charge < -0.3 is 18.9 Å². The lowest BCUT2D eigenvalue weighted by molar-refractivity contribution is -0.140. The molecule has 1 unspecified atom stereocenters. The van der Waals surface area contributed by atoms with Crippen LogP contribution >= 0.6 is 0 Å². The Hall–Kier alpha value is -3.80. The SMILES string of the molecule is COC(=O)CCCCC(CCc1ccccc1OCc1ccc(C(C)(C)C)cc1)Oc1ccc(C(=O)OC)cc1. The molecule has 3 rings (SSSR count). The van der Waals surface area contributed by atoms with Crippen molar-refractivity contribution < 1.29 is 28.5 Å². The first-order valence-electron chi connectivity index (χ1n) is 13.9. The number of esters is 2. The average molecular weight is 547 g/mol. The van der Waals surface area contributed by atoms with Gasteiger partial charge in [0.1, 0.15) is 18.1 Å². The molecule has 1 atom stereocenters. The van der Waals surface area contributed by atoms with Gasteiger partial charge in [-0.3, -0.25) is 4.79 Å². The average Bonchev–Trinajstić information content (AvgIpc) is 2.96. The molecule has 0 aromatic heterocycles. The van der Waals surface area contributed by atoms with E-state index in [-0.39, 0.29) is 23.5 Å². The van der Waals surface area contributed by atoms with Gasteiger partial charge in [0.2, 0.25) is 0 Å². The maximum atomic E-state index is 11.8. The largest absolute Gasteiger partial charge is 0.490 e. The van der Waals surface area contributed by atoms with E-state index in [1.165, 1.54) is 19.8 Å². The molecule has 0 spiro atoms. The molecule has 0 aliphatic heterocycles. The molecule has 40 heavy (non-hydrogen) atoms. The van der Waals surface area contributed by atoms with Crippen molar-refractivity contribution in [1.82, 2.24) is 0 Å². The van der Waals surface area contributed by atoms with Crippen LogP contribution in [0, 0.1) is 0 Å². The highest BCUT2D eigenvalue weighted by atomic mass is 16.5. The first-order chi connectivity index (χ1) is 19.2. The summed E-state index contributed by atoms with van der Waals surface area (Å²) in [7, 11) is 2.77. The van der Waals surface area contributed by atoms with Gasteiger partial charge in [-0.05, 0) is 84.5 Å². The highest BCUT2D eigenvalue weighted by Gasteiger charge is 2.16. The zero-order valence-corrected chi connectivity index (χ0v) is 24.4. The number of carbonyl (C=O) groups is 2. The van der Waals surface area contributed by atoms with Crippen LogP contribution < -0.4 is 9.47 Å². The number of carbonyl (C=O) groups excluding carboxylic acids is 2. The van der Waals surface area contributed by atoms with Crippen LogP contribution in [0.1, 0.15) is 79.9 Å². The van der Waals surface area contributed by atoms with Crippen LogP contribution in [0.3, 0.4) is 0 Å². The van der Waals surface area contributed by atoms with Crippen molar-refractivity contribution in [1.29, 1.82) is 0 Å². The fourth-order valence-corrected chi connectivity index (χ4v) is 4.42.